The van der Waals surface area contributed by atoms with Gasteiger partial charge in [0, 0.05) is 45.0 Å². The van der Waals surface area contributed by atoms with E-state index in [0.717, 1.165) is 22.8 Å². The number of carbonyl (C=O) groups is 2. The molecule has 2 aromatic rings. The summed E-state index contributed by atoms with van der Waals surface area (Å²) in [4.78, 5) is 29.1. The van der Waals surface area contributed by atoms with Crippen molar-refractivity contribution < 1.29 is 9.59 Å². The van der Waals surface area contributed by atoms with Gasteiger partial charge in [-0.2, -0.15) is 5.10 Å². The number of thiophene rings is 1. The van der Waals surface area contributed by atoms with Gasteiger partial charge in [0.15, 0.2) is 0 Å². The van der Waals surface area contributed by atoms with Gasteiger partial charge in [-0.1, -0.05) is 13.0 Å². The Labute approximate surface area is 164 Å². The van der Waals surface area contributed by atoms with Crippen molar-refractivity contribution in [1.82, 2.24) is 24.9 Å². The van der Waals surface area contributed by atoms with Crippen LogP contribution >= 0.6 is 11.3 Å². The van der Waals surface area contributed by atoms with Gasteiger partial charge < -0.3 is 15.1 Å². The molecule has 0 saturated carbocycles. The highest BCUT2D eigenvalue weighted by atomic mass is 32.1. The van der Waals surface area contributed by atoms with E-state index in [4.69, 9.17) is 0 Å². The molecule has 0 aliphatic carbocycles. The number of carbonyl (C=O) groups excluding carboxylic acids is 2. The number of nitrogens with one attached hydrogen (secondary N) is 1. The Morgan fingerprint density at radius 2 is 1.93 bits per heavy atom. The minimum Gasteiger partial charge on any atom is -0.338 e. The molecule has 0 radical (unpaired) electrons. The molecule has 1 fully saturated rings. The maximum atomic E-state index is 12.4. The molecule has 8 heteroatoms. The lowest BCUT2D eigenvalue weighted by Crippen LogP contribution is -2.53. The number of piperazine rings is 1. The van der Waals surface area contributed by atoms with Crippen LogP contribution in [0.4, 0.5) is 4.79 Å². The molecule has 7 nitrogen and oxygen atoms in total. The van der Waals surface area contributed by atoms with Gasteiger partial charge in [0.1, 0.15) is 0 Å². The molecule has 3 amide bonds. The Balaban J connectivity index is 1.41. The molecule has 27 heavy (non-hydrogen) atoms. The summed E-state index contributed by atoms with van der Waals surface area (Å²) in [5.74, 6) is 0.345. The van der Waals surface area contributed by atoms with Gasteiger partial charge in [-0.3, -0.25) is 9.48 Å². The summed E-state index contributed by atoms with van der Waals surface area (Å²) in [5.41, 5.74) is 2.15. The van der Waals surface area contributed by atoms with Crippen molar-refractivity contribution in [2.45, 2.75) is 27.3 Å². The van der Waals surface area contributed by atoms with E-state index in [0.29, 0.717) is 32.7 Å². The van der Waals surface area contributed by atoms with E-state index in [9.17, 15) is 9.59 Å². The summed E-state index contributed by atoms with van der Waals surface area (Å²) >= 11 is 1.45. The zero-order valence-electron chi connectivity index (χ0n) is 16.1. The van der Waals surface area contributed by atoms with Crippen molar-refractivity contribution in [3.05, 3.63) is 39.8 Å². The molecule has 1 aliphatic rings. The molecule has 0 aromatic carbocycles. The highest BCUT2D eigenvalue weighted by molar-refractivity contribution is 7.12. The number of nitrogens with zero attached hydrogens (tertiary/aromatic N) is 4. The summed E-state index contributed by atoms with van der Waals surface area (Å²) in [6.45, 7) is 9.80. The van der Waals surface area contributed by atoms with Crippen LogP contribution in [0.25, 0.3) is 0 Å². The van der Waals surface area contributed by atoms with Crippen LogP contribution in [-0.2, 0) is 6.54 Å². The molecular formula is C19H27N5O2S. The van der Waals surface area contributed by atoms with Crippen molar-refractivity contribution in [2.24, 2.45) is 5.92 Å². The zero-order valence-corrected chi connectivity index (χ0v) is 17.0. The van der Waals surface area contributed by atoms with Crippen molar-refractivity contribution in [1.29, 1.82) is 0 Å². The van der Waals surface area contributed by atoms with Gasteiger partial charge in [-0.15, -0.1) is 11.3 Å². The maximum Gasteiger partial charge on any atom is 0.317 e. The molecule has 1 unspecified atom stereocenters. The lowest BCUT2D eigenvalue weighted by atomic mass is 10.2. The molecule has 146 valence electrons. The summed E-state index contributed by atoms with van der Waals surface area (Å²) in [7, 11) is 0. The molecule has 1 N–H and O–H groups in total. The SMILES string of the molecule is Cc1cc(C)n(CC(C)CNC(=O)N2CCN(C(=O)c3cccs3)CC2)n1. The van der Waals surface area contributed by atoms with Crippen LogP contribution in [0, 0.1) is 19.8 Å². The fourth-order valence-electron chi connectivity index (χ4n) is 3.26. The van der Waals surface area contributed by atoms with E-state index in [1.54, 1.807) is 4.90 Å². The van der Waals surface area contributed by atoms with E-state index in [-0.39, 0.29) is 17.9 Å². The van der Waals surface area contributed by atoms with Crippen LogP contribution in [0.2, 0.25) is 0 Å². The number of aromatic nitrogens is 2. The number of rotatable bonds is 5. The third kappa shape index (κ3) is 4.88. The Morgan fingerprint density at radius 3 is 2.52 bits per heavy atom. The van der Waals surface area contributed by atoms with Gasteiger partial charge in [-0.25, -0.2) is 4.79 Å². The first-order chi connectivity index (χ1) is 12.9. The molecule has 1 saturated heterocycles. The van der Waals surface area contributed by atoms with Crippen molar-refractivity contribution in [2.75, 3.05) is 32.7 Å². The first-order valence-corrected chi connectivity index (χ1v) is 10.2. The predicted octanol–water partition coefficient (Wildman–Crippen LogP) is 2.37. The van der Waals surface area contributed by atoms with E-state index < -0.39 is 0 Å². The largest absolute Gasteiger partial charge is 0.338 e. The normalized spacial score (nSPS) is 15.7. The fraction of sp³-hybridized carbons (Fsp3) is 0.526. The number of aryl methyl sites for hydroxylation is 2. The Hall–Kier alpha value is -2.35. The lowest BCUT2D eigenvalue weighted by Gasteiger charge is -2.34. The molecule has 3 rings (SSSR count). The Kier molecular flexibility index (Phi) is 6.15. The first kappa shape index (κ1) is 19.4. The highest BCUT2D eigenvalue weighted by Gasteiger charge is 2.25. The van der Waals surface area contributed by atoms with Gasteiger partial charge >= 0.3 is 6.03 Å². The number of amides is 3. The highest BCUT2D eigenvalue weighted by Crippen LogP contribution is 2.14. The fourth-order valence-corrected chi connectivity index (χ4v) is 3.95. The summed E-state index contributed by atoms with van der Waals surface area (Å²) in [6, 6.07) is 5.73. The van der Waals surface area contributed by atoms with Gasteiger partial charge in [0.05, 0.1) is 10.6 Å². The standard InChI is InChI=1S/C19H27N5O2S/c1-14(13-24-16(3)11-15(2)21-24)12-20-19(26)23-8-6-22(7-9-23)18(25)17-5-4-10-27-17/h4-5,10-11,14H,6-9,12-13H2,1-3H3,(H,20,26). The van der Waals surface area contributed by atoms with Gasteiger partial charge in [-0.05, 0) is 37.3 Å². The van der Waals surface area contributed by atoms with Crippen LogP contribution in [0.5, 0.6) is 0 Å². The van der Waals surface area contributed by atoms with Crippen molar-refractivity contribution in [3.63, 3.8) is 0 Å². The second kappa shape index (κ2) is 8.56. The topological polar surface area (TPSA) is 70.5 Å². The molecule has 3 heterocycles. The maximum absolute atomic E-state index is 12.4. The zero-order chi connectivity index (χ0) is 19.4. The third-order valence-corrected chi connectivity index (χ3v) is 5.63. The summed E-state index contributed by atoms with van der Waals surface area (Å²) < 4.78 is 1.99. The average Bonchev–Trinajstić information content (AvgIpc) is 3.29. The lowest BCUT2D eigenvalue weighted by molar-refractivity contribution is 0.0669. The third-order valence-electron chi connectivity index (χ3n) is 4.78. The molecular weight excluding hydrogens is 362 g/mol. The first-order valence-electron chi connectivity index (χ1n) is 9.30. The van der Waals surface area contributed by atoms with E-state index in [2.05, 4.69) is 23.4 Å². The quantitative estimate of drug-likeness (QED) is 0.853. The molecule has 2 aromatic heterocycles. The molecule has 1 atom stereocenters. The van der Waals surface area contributed by atoms with E-state index >= 15 is 0 Å². The minimum atomic E-state index is -0.0570. The van der Waals surface area contributed by atoms with Crippen LogP contribution in [0.15, 0.2) is 23.6 Å². The molecule has 0 spiro atoms. The van der Waals surface area contributed by atoms with Crippen LogP contribution in [0.1, 0.15) is 28.0 Å². The smallest absolute Gasteiger partial charge is 0.317 e. The second-order valence-corrected chi connectivity index (χ2v) is 8.10. The van der Waals surface area contributed by atoms with Crippen molar-refractivity contribution >= 4 is 23.3 Å². The molecule has 0 bridgehead atoms. The number of urea groups is 1. The Morgan fingerprint density at radius 1 is 1.22 bits per heavy atom. The second-order valence-electron chi connectivity index (χ2n) is 7.16. The van der Waals surface area contributed by atoms with Crippen LogP contribution in [-0.4, -0.2) is 64.2 Å². The van der Waals surface area contributed by atoms with Crippen molar-refractivity contribution in [3.8, 4) is 0 Å². The monoisotopic (exact) mass is 389 g/mol. The van der Waals surface area contributed by atoms with E-state index in [1.165, 1.54) is 11.3 Å². The van der Waals surface area contributed by atoms with E-state index in [1.807, 2.05) is 40.9 Å². The minimum absolute atomic E-state index is 0.0570. The van der Waals surface area contributed by atoms with Crippen LogP contribution < -0.4 is 5.32 Å². The summed E-state index contributed by atoms with van der Waals surface area (Å²) in [6.07, 6.45) is 0. The average molecular weight is 390 g/mol. The number of hydrogen-bond acceptors (Lipinski definition) is 4. The molecule has 1 aliphatic heterocycles. The van der Waals surface area contributed by atoms with Gasteiger partial charge in [0.2, 0.25) is 0 Å². The predicted molar refractivity (Wildman–Crippen MR) is 106 cm³/mol. The Bertz CT molecular complexity index is 778. The number of hydrogen-bond donors (Lipinski definition) is 1. The summed E-state index contributed by atoms with van der Waals surface area (Å²) in [5, 5.41) is 9.39. The van der Waals surface area contributed by atoms with Crippen LogP contribution in [0.3, 0.4) is 0 Å². The van der Waals surface area contributed by atoms with Gasteiger partial charge in [0.25, 0.3) is 5.91 Å².